The molecule has 1 amide bonds. The first kappa shape index (κ1) is 14.1. The van der Waals surface area contributed by atoms with Crippen LogP contribution < -0.4 is 5.32 Å². The van der Waals surface area contributed by atoms with E-state index in [1.54, 1.807) is 26.8 Å². The number of carboxylic acid groups (broad SMARTS) is 1. The Morgan fingerprint density at radius 2 is 2.17 bits per heavy atom. The zero-order valence-corrected chi connectivity index (χ0v) is 10.6. The monoisotopic (exact) mass is 255 g/mol. The SMILES string of the molecule is CC(C)(C)OC(=O)NC(CC(=O)O)c1ccoc1. The first-order chi connectivity index (χ1) is 8.28. The summed E-state index contributed by atoms with van der Waals surface area (Å²) in [5.74, 6) is -1.02. The molecule has 0 saturated heterocycles. The number of nitrogens with one attached hydrogen (secondary N) is 1. The van der Waals surface area contributed by atoms with Gasteiger partial charge in [0, 0.05) is 5.56 Å². The van der Waals surface area contributed by atoms with Crippen LogP contribution in [0.1, 0.15) is 38.8 Å². The van der Waals surface area contributed by atoms with Gasteiger partial charge in [-0.05, 0) is 26.8 Å². The van der Waals surface area contributed by atoms with Gasteiger partial charge in [-0.3, -0.25) is 4.79 Å². The molecule has 0 saturated carbocycles. The van der Waals surface area contributed by atoms with E-state index in [9.17, 15) is 9.59 Å². The zero-order valence-electron chi connectivity index (χ0n) is 10.6. The predicted octanol–water partition coefficient (Wildman–Crippen LogP) is 2.32. The van der Waals surface area contributed by atoms with Crippen molar-refractivity contribution < 1.29 is 23.8 Å². The van der Waals surface area contributed by atoms with Crippen LogP contribution in [0, 0.1) is 0 Å². The molecule has 1 rings (SSSR count). The molecule has 6 nitrogen and oxygen atoms in total. The number of carbonyl (C=O) groups excluding carboxylic acids is 1. The number of rotatable bonds is 4. The number of aliphatic carboxylic acids is 1. The van der Waals surface area contributed by atoms with Crippen molar-refractivity contribution >= 4 is 12.1 Å². The number of carbonyl (C=O) groups is 2. The van der Waals surface area contributed by atoms with Crippen molar-refractivity contribution in [3.63, 3.8) is 0 Å². The van der Waals surface area contributed by atoms with Crippen LogP contribution in [0.4, 0.5) is 4.79 Å². The molecular formula is C12H17NO5. The molecule has 6 heteroatoms. The fourth-order valence-electron chi connectivity index (χ4n) is 1.35. The van der Waals surface area contributed by atoms with E-state index in [-0.39, 0.29) is 6.42 Å². The van der Waals surface area contributed by atoms with E-state index in [0.29, 0.717) is 5.56 Å². The summed E-state index contributed by atoms with van der Waals surface area (Å²) in [7, 11) is 0. The molecular weight excluding hydrogens is 238 g/mol. The van der Waals surface area contributed by atoms with E-state index in [4.69, 9.17) is 14.3 Å². The van der Waals surface area contributed by atoms with Gasteiger partial charge >= 0.3 is 12.1 Å². The lowest BCUT2D eigenvalue weighted by Crippen LogP contribution is -2.35. The molecule has 0 radical (unpaired) electrons. The molecule has 0 spiro atoms. The summed E-state index contributed by atoms with van der Waals surface area (Å²) < 4.78 is 9.95. The van der Waals surface area contributed by atoms with Crippen LogP contribution in [0.15, 0.2) is 23.0 Å². The third-order valence-corrected chi connectivity index (χ3v) is 2.02. The molecule has 0 bridgehead atoms. The van der Waals surface area contributed by atoms with Crippen LogP contribution in [0.3, 0.4) is 0 Å². The summed E-state index contributed by atoms with van der Waals surface area (Å²) in [6.07, 6.45) is 1.92. The highest BCUT2D eigenvalue weighted by atomic mass is 16.6. The highest BCUT2D eigenvalue weighted by Crippen LogP contribution is 2.18. The average molecular weight is 255 g/mol. The number of hydrogen-bond donors (Lipinski definition) is 2. The normalized spacial score (nSPS) is 12.8. The van der Waals surface area contributed by atoms with Crippen LogP contribution in [0.25, 0.3) is 0 Å². The summed E-state index contributed by atoms with van der Waals surface area (Å²) in [5, 5.41) is 11.3. The largest absolute Gasteiger partial charge is 0.481 e. The van der Waals surface area contributed by atoms with Crippen LogP contribution >= 0.6 is 0 Å². The van der Waals surface area contributed by atoms with Gasteiger partial charge in [-0.1, -0.05) is 0 Å². The molecule has 1 atom stereocenters. The van der Waals surface area contributed by atoms with Crippen molar-refractivity contribution in [1.29, 1.82) is 0 Å². The average Bonchev–Trinajstić information content (AvgIpc) is 2.64. The lowest BCUT2D eigenvalue weighted by atomic mass is 10.1. The molecule has 0 aliphatic heterocycles. The molecule has 2 N–H and O–H groups in total. The van der Waals surface area contributed by atoms with Gasteiger partial charge in [0.15, 0.2) is 0 Å². The van der Waals surface area contributed by atoms with Gasteiger partial charge in [0.2, 0.25) is 0 Å². The number of carboxylic acids is 1. The predicted molar refractivity (Wildman–Crippen MR) is 63.1 cm³/mol. The highest BCUT2D eigenvalue weighted by Gasteiger charge is 2.22. The Bertz CT molecular complexity index is 405. The van der Waals surface area contributed by atoms with Crippen LogP contribution in [-0.2, 0) is 9.53 Å². The van der Waals surface area contributed by atoms with E-state index >= 15 is 0 Å². The lowest BCUT2D eigenvalue weighted by molar-refractivity contribution is -0.137. The van der Waals surface area contributed by atoms with Crippen LogP contribution in [0.2, 0.25) is 0 Å². The maximum absolute atomic E-state index is 11.6. The van der Waals surface area contributed by atoms with E-state index in [1.807, 2.05) is 0 Å². The Hall–Kier alpha value is -1.98. The topological polar surface area (TPSA) is 88.8 Å². The maximum Gasteiger partial charge on any atom is 0.408 e. The molecule has 1 aromatic heterocycles. The second kappa shape index (κ2) is 5.57. The number of ether oxygens (including phenoxy) is 1. The second-order valence-corrected chi connectivity index (χ2v) is 4.85. The standard InChI is InChI=1S/C12H17NO5/c1-12(2,3)18-11(16)13-9(6-10(14)15)8-4-5-17-7-8/h4-5,7,9H,6H2,1-3H3,(H,13,16)(H,14,15). The quantitative estimate of drug-likeness (QED) is 0.861. The van der Waals surface area contributed by atoms with Crippen molar-refractivity contribution in [3.8, 4) is 0 Å². The zero-order chi connectivity index (χ0) is 13.8. The van der Waals surface area contributed by atoms with Crippen molar-refractivity contribution in [2.75, 3.05) is 0 Å². The van der Waals surface area contributed by atoms with Gasteiger partial charge in [0.1, 0.15) is 5.60 Å². The van der Waals surface area contributed by atoms with Crippen molar-refractivity contribution in [2.24, 2.45) is 0 Å². The molecule has 18 heavy (non-hydrogen) atoms. The van der Waals surface area contributed by atoms with Crippen LogP contribution in [-0.4, -0.2) is 22.8 Å². The summed E-state index contributed by atoms with van der Waals surface area (Å²) >= 11 is 0. The molecule has 1 aromatic rings. The first-order valence-corrected chi connectivity index (χ1v) is 5.51. The summed E-state index contributed by atoms with van der Waals surface area (Å²) in [6.45, 7) is 5.20. The minimum atomic E-state index is -1.02. The van der Waals surface area contributed by atoms with Gasteiger partial charge in [-0.15, -0.1) is 0 Å². The Kier molecular flexibility index (Phi) is 4.36. The third kappa shape index (κ3) is 4.90. The van der Waals surface area contributed by atoms with Gasteiger partial charge < -0.3 is 19.6 Å². The van der Waals surface area contributed by atoms with Gasteiger partial charge in [0.05, 0.1) is 25.0 Å². The summed E-state index contributed by atoms with van der Waals surface area (Å²) in [5.41, 5.74) is -0.0444. The van der Waals surface area contributed by atoms with E-state index in [1.165, 1.54) is 12.5 Å². The number of alkyl carbamates (subject to hydrolysis) is 1. The van der Waals surface area contributed by atoms with Crippen molar-refractivity contribution in [2.45, 2.75) is 38.8 Å². The Morgan fingerprint density at radius 1 is 1.50 bits per heavy atom. The fourth-order valence-corrected chi connectivity index (χ4v) is 1.35. The molecule has 0 aliphatic rings. The minimum absolute atomic E-state index is 0.237. The molecule has 1 heterocycles. The Labute approximate surface area is 105 Å². The summed E-state index contributed by atoms with van der Waals surface area (Å²) in [4.78, 5) is 22.3. The molecule has 0 fully saturated rings. The first-order valence-electron chi connectivity index (χ1n) is 5.51. The van der Waals surface area contributed by atoms with Crippen molar-refractivity contribution in [1.82, 2.24) is 5.32 Å². The summed E-state index contributed by atoms with van der Waals surface area (Å²) in [6, 6.07) is 0.932. The van der Waals surface area contributed by atoms with Gasteiger partial charge in [0.25, 0.3) is 0 Å². The molecule has 0 aliphatic carbocycles. The smallest absolute Gasteiger partial charge is 0.408 e. The van der Waals surface area contributed by atoms with Gasteiger partial charge in [-0.25, -0.2) is 4.79 Å². The third-order valence-electron chi connectivity index (χ3n) is 2.02. The number of furan rings is 1. The number of amides is 1. The maximum atomic E-state index is 11.6. The second-order valence-electron chi connectivity index (χ2n) is 4.85. The fraction of sp³-hybridized carbons (Fsp3) is 0.500. The minimum Gasteiger partial charge on any atom is -0.481 e. The lowest BCUT2D eigenvalue weighted by Gasteiger charge is -2.22. The van der Waals surface area contributed by atoms with E-state index < -0.39 is 23.7 Å². The van der Waals surface area contributed by atoms with E-state index in [0.717, 1.165) is 0 Å². The van der Waals surface area contributed by atoms with E-state index in [2.05, 4.69) is 5.32 Å². The van der Waals surface area contributed by atoms with Crippen LogP contribution in [0.5, 0.6) is 0 Å². The molecule has 0 aromatic carbocycles. The van der Waals surface area contributed by atoms with Gasteiger partial charge in [-0.2, -0.15) is 0 Å². The molecule has 1 unspecified atom stereocenters. The Balaban J connectivity index is 2.68. The number of hydrogen-bond acceptors (Lipinski definition) is 4. The highest BCUT2D eigenvalue weighted by molar-refractivity contribution is 5.72. The Morgan fingerprint density at radius 3 is 2.61 bits per heavy atom. The van der Waals surface area contributed by atoms with Crippen molar-refractivity contribution in [3.05, 3.63) is 24.2 Å². The molecule has 100 valence electrons.